The molecule has 0 atom stereocenters. The molecule has 0 aliphatic rings. The van der Waals surface area contributed by atoms with E-state index in [2.05, 4.69) is 10.3 Å². The van der Waals surface area contributed by atoms with E-state index in [0.29, 0.717) is 29.2 Å². The highest BCUT2D eigenvalue weighted by Crippen LogP contribution is 2.27. The number of carbonyl (C=O) groups is 1. The number of ether oxygens (including phenoxy) is 1. The van der Waals surface area contributed by atoms with Crippen LogP contribution in [0, 0.1) is 6.92 Å². The lowest BCUT2D eigenvalue weighted by Crippen LogP contribution is -2.12. The molecule has 2 aromatic carbocycles. The predicted molar refractivity (Wildman–Crippen MR) is 117 cm³/mol. The fraction of sp³-hybridized carbons (Fsp3) is 0.125. The van der Waals surface area contributed by atoms with Crippen molar-refractivity contribution in [2.75, 3.05) is 12.4 Å². The summed E-state index contributed by atoms with van der Waals surface area (Å²) in [6.07, 6.45) is 3.46. The lowest BCUT2D eigenvalue weighted by Gasteiger charge is -2.07. The highest BCUT2D eigenvalue weighted by molar-refractivity contribution is 6.08. The smallest absolute Gasteiger partial charge is 0.259 e. The van der Waals surface area contributed by atoms with Crippen molar-refractivity contribution in [2.45, 2.75) is 13.5 Å². The summed E-state index contributed by atoms with van der Waals surface area (Å²) in [5, 5.41) is 7.67. The molecule has 2 aromatic heterocycles. The van der Waals surface area contributed by atoms with Crippen molar-refractivity contribution in [1.29, 1.82) is 0 Å². The first-order valence-corrected chi connectivity index (χ1v) is 9.62. The van der Waals surface area contributed by atoms with Crippen molar-refractivity contribution in [3.63, 3.8) is 0 Å². The molecule has 4 rings (SSSR count). The van der Waals surface area contributed by atoms with E-state index >= 15 is 0 Å². The van der Waals surface area contributed by atoms with Crippen molar-refractivity contribution in [3.8, 4) is 17.0 Å². The fourth-order valence-corrected chi connectivity index (χ4v) is 3.24. The fourth-order valence-electron chi connectivity index (χ4n) is 3.24. The van der Waals surface area contributed by atoms with Crippen LogP contribution in [-0.2, 0) is 6.54 Å². The summed E-state index contributed by atoms with van der Waals surface area (Å²) < 4.78 is 7.13. The number of amides is 1. The van der Waals surface area contributed by atoms with Gasteiger partial charge in [0.15, 0.2) is 0 Å². The number of hydrogen-bond acceptors (Lipinski definition) is 4. The lowest BCUT2D eigenvalue weighted by atomic mass is 10.1. The Morgan fingerprint density at radius 3 is 2.67 bits per heavy atom. The second-order valence-electron chi connectivity index (χ2n) is 6.95. The van der Waals surface area contributed by atoms with Gasteiger partial charge in [-0.2, -0.15) is 5.10 Å². The lowest BCUT2D eigenvalue weighted by molar-refractivity contribution is 0.102. The van der Waals surface area contributed by atoms with E-state index in [1.54, 1.807) is 30.3 Å². The molecule has 6 heteroatoms. The average Bonchev–Trinajstić information content (AvgIpc) is 3.18. The molecule has 6 nitrogen and oxygen atoms in total. The minimum atomic E-state index is -0.224. The zero-order chi connectivity index (χ0) is 20.9. The molecule has 0 aliphatic heterocycles. The highest BCUT2D eigenvalue weighted by atomic mass is 16.5. The predicted octanol–water partition coefficient (Wildman–Crippen LogP) is 4.56. The molecule has 30 heavy (non-hydrogen) atoms. The molecule has 0 aliphatic carbocycles. The van der Waals surface area contributed by atoms with Gasteiger partial charge in [-0.25, -0.2) is 0 Å². The average molecular weight is 398 g/mol. The SMILES string of the molecule is COc1cccc(-c2nn(Cc3ccccc3)cc2C(=O)Nc2ccnc(C)c2)c1. The van der Waals surface area contributed by atoms with Crippen LogP contribution >= 0.6 is 0 Å². The number of anilines is 1. The van der Waals surface area contributed by atoms with Crippen LogP contribution in [0.1, 0.15) is 21.6 Å². The third kappa shape index (κ3) is 4.38. The maximum Gasteiger partial charge on any atom is 0.259 e. The maximum absolute atomic E-state index is 13.1. The van der Waals surface area contributed by atoms with E-state index in [-0.39, 0.29) is 5.91 Å². The number of aromatic nitrogens is 3. The van der Waals surface area contributed by atoms with Gasteiger partial charge in [0.05, 0.1) is 19.2 Å². The van der Waals surface area contributed by atoms with Crippen LogP contribution in [0.4, 0.5) is 5.69 Å². The molecule has 4 aromatic rings. The number of benzene rings is 2. The van der Waals surface area contributed by atoms with E-state index in [1.807, 2.05) is 67.6 Å². The molecular formula is C24H22N4O2. The summed E-state index contributed by atoms with van der Waals surface area (Å²) in [4.78, 5) is 17.3. The Kier molecular flexibility index (Phi) is 5.57. The number of pyridine rings is 1. The number of methoxy groups -OCH3 is 1. The normalized spacial score (nSPS) is 10.6. The van der Waals surface area contributed by atoms with Crippen molar-refractivity contribution in [2.24, 2.45) is 0 Å². The minimum Gasteiger partial charge on any atom is -0.497 e. The number of nitrogens with zero attached hydrogens (tertiary/aromatic N) is 3. The first kappa shape index (κ1) is 19.4. The van der Waals surface area contributed by atoms with Gasteiger partial charge in [-0.3, -0.25) is 14.5 Å². The largest absolute Gasteiger partial charge is 0.497 e. The standard InChI is InChI=1S/C24H22N4O2/c1-17-13-20(11-12-25-17)26-24(29)22-16-28(15-18-7-4-3-5-8-18)27-23(22)19-9-6-10-21(14-19)30-2/h3-14,16H,15H2,1-2H3,(H,25,26,29). The molecule has 0 unspecified atom stereocenters. The van der Waals surface area contributed by atoms with Gasteiger partial charge < -0.3 is 10.1 Å². The van der Waals surface area contributed by atoms with Crippen LogP contribution in [0.3, 0.4) is 0 Å². The summed E-state index contributed by atoms with van der Waals surface area (Å²) in [5.74, 6) is 0.485. The third-order valence-electron chi connectivity index (χ3n) is 4.69. The van der Waals surface area contributed by atoms with Crippen LogP contribution < -0.4 is 10.1 Å². The second-order valence-corrected chi connectivity index (χ2v) is 6.95. The first-order valence-electron chi connectivity index (χ1n) is 9.62. The Balaban J connectivity index is 1.71. The van der Waals surface area contributed by atoms with E-state index in [1.165, 1.54) is 0 Å². The zero-order valence-electron chi connectivity index (χ0n) is 16.9. The van der Waals surface area contributed by atoms with E-state index < -0.39 is 0 Å². The summed E-state index contributed by atoms with van der Waals surface area (Å²) in [6.45, 7) is 2.45. The van der Waals surface area contributed by atoms with E-state index in [9.17, 15) is 4.79 Å². The molecule has 0 bridgehead atoms. The van der Waals surface area contributed by atoms with Crippen LogP contribution in [0.15, 0.2) is 79.1 Å². The van der Waals surface area contributed by atoms with Gasteiger partial charge in [0.25, 0.3) is 5.91 Å². The van der Waals surface area contributed by atoms with Gasteiger partial charge >= 0.3 is 0 Å². The quantitative estimate of drug-likeness (QED) is 0.517. The van der Waals surface area contributed by atoms with Gasteiger partial charge in [0, 0.05) is 29.3 Å². The summed E-state index contributed by atoms with van der Waals surface area (Å²) in [7, 11) is 1.62. The Hall–Kier alpha value is -3.93. The Morgan fingerprint density at radius 1 is 1.07 bits per heavy atom. The molecule has 0 spiro atoms. The van der Waals surface area contributed by atoms with Crippen molar-refractivity contribution >= 4 is 11.6 Å². The van der Waals surface area contributed by atoms with Crippen molar-refractivity contribution in [3.05, 3.63) is 95.9 Å². The summed E-state index contributed by atoms with van der Waals surface area (Å²) >= 11 is 0. The number of nitrogens with one attached hydrogen (secondary N) is 1. The molecule has 0 saturated carbocycles. The van der Waals surface area contributed by atoms with Crippen LogP contribution in [0.5, 0.6) is 5.75 Å². The van der Waals surface area contributed by atoms with Crippen LogP contribution in [-0.4, -0.2) is 27.8 Å². The molecule has 150 valence electrons. The summed E-state index contributed by atoms with van der Waals surface area (Å²) in [5.41, 5.74) is 4.55. The van der Waals surface area contributed by atoms with E-state index in [0.717, 1.165) is 16.8 Å². The van der Waals surface area contributed by atoms with Gasteiger partial charge in [-0.15, -0.1) is 0 Å². The zero-order valence-corrected chi connectivity index (χ0v) is 16.9. The van der Waals surface area contributed by atoms with Gasteiger partial charge in [0.2, 0.25) is 0 Å². The minimum absolute atomic E-state index is 0.224. The van der Waals surface area contributed by atoms with Crippen molar-refractivity contribution in [1.82, 2.24) is 14.8 Å². The third-order valence-corrected chi connectivity index (χ3v) is 4.69. The van der Waals surface area contributed by atoms with E-state index in [4.69, 9.17) is 9.84 Å². The molecule has 0 radical (unpaired) electrons. The first-order chi connectivity index (χ1) is 14.6. The molecular weight excluding hydrogens is 376 g/mol. The number of aryl methyl sites for hydroxylation is 1. The van der Waals surface area contributed by atoms with Gasteiger partial charge in [-0.1, -0.05) is 42.5 Å². The molecule has 0 fully saturated rings. The Labute approximate surface area is 175 Å². The number of rotatable bonds is 6. The molecule has 0 saturated heterocycles. The molecule has 2 heterocycles. The van der Waals surface area contributed by atoms with Crippen LogP contribution in [0.2, 0.25) is 0 Å². The second kappa shape index (κ2) is 8.61. The Bertz CT molecular complexity index is 1170. The highest BCUT2D eigenvalue weighted by Gasteiger charge is 2.19. The monoisotopic (exact) mass is 398 g/mol. The summed E-state index contributed by atoms with van der Waals surface area (Å²) in [6, 6.07) is 21.2. The number of hydrogen-bond donors (Lipinski definition) is 1. The molecule has 1 N–H and O–H groups in total. The Morgan fingerprint density at radius 2 is 1.90 bits per heavy atom. The maximum atomic E-state index is 13.1. The van der Waals surface area contributed by atoms with Crippen LogP contribution in [0.25, 0.3) is 11.3 Å². The van der Waals surface area contributed by atoms with Crippen molar-refractivity contribution < 1.29 is 9.53 Å². The molecule has 1 amide bonds. The van der Waals surface area contributed by atoms with Gasteiger partial charge in [0.1, 0.15) is 11.4 Å². The number of carbonyl (C=O) groups excluding carboxylic acids is 1. The van der Waals surface area contributed by atoms with Gasteiger partial charge in [-0.05, 0) is 36.8 Å². The topological polar surface area (TPSA) is 69.0 Å².